The Kier molecular flexibility index (Phi) is 11.8. The van der Waals surface area contributed by atoms with Crippen LogP contribution in [0, 0.1) is 24.6 Å². The van der Waals surface area contributed by atoms with Crippen molar-refractivity contribution in [2.75, 3.05) is 40.4 Å². The van der Waals surface area contributed by atoms with E-state index < -0.39 is 0 Å². The van der Waals surface area contributed by atoms with Gasteiger partial charge in [-0.05, 0) is 81.0 Å². The van der Waals surface area contributed by atoms with Crippen LogP contribution in [0.15, 0.2) is 18.2 Å². The van der Waals surface area contributed by atoms with Crippen molar-refractivity contribution in [3.63, 3.8) is 0 Å². The summed E-state index contributed by atoms with van der Waals surface area (Å²) in [7, 11) is 3.70. The van der Waals surface area contributed by atoms with Crippen LogP contribution in [0.1, 0.15) is 87.7 Å². The van der Waals surface area contributed by atoms with Gasteiger partial charge in [-0.2, -0.15) is 0 Å². The van der Waals surface area contributed by atoms with Crippen molar-refractivity contribution in [3.05, 3.63) is 35.1 Å². The number of aryl methyl sites for hydroxylation is 1. The number of methoxy groups -OCH3 is 1. The molecule has 5 nitrogen and oxygen atoms in total. The molecule has 2 amide bonds. The summed E-state index contributed by atoms with van der Waals surface area (Å²) in [5.74, 6) is 1.20. The number of carbonyl (C=O) groups is 1. The lowest BCUT2D eigenvalue weighted by Crippen LogP contribution is -2.51. The maximum Gasteiger partial charge on any atom is 0.317 e. The quantitative estimate of drug-likeness (QED) is 0.353. The summed E-state index contributed by atoms with van der Waals surface area (Å²) in [5, 5.41) is 6.64. The average molecular weight is 490 g/mol. The SMILES string of the molecule is CNC[C@H](CC1CCCCC1)NC(=O)N1CCC[C@@H]([C@@H](CCCCOC)c2ccc(C)c(F)c2)C1. The second kappa shape index (κ2) is 14.8. The highest BCUT2D eigenvalue weighted by Crippen LogP contribution is 2.36. The minimum atomic E-state index is -0.132. The molecule has 1 aliphatic heterocycles. The predicted octanol–water partition coefficient (Wildman–Crippen LogP) is 6.01. The number of hydrogen-bond acceptors (Lipinski definition) is 3. The third-order valence-corrected chi connectivity index (χ3v) is 8.17. The molecule has 2 N–H and O–H groups in total. The number of hydrogen-bond donors (Lipinski definition) is 2. The van der Waals surface area contributed by atoms with Crippen LogP contribution in [0.4, 0.5) is 9.18 Å². The summed E-state index contributed by atoms with van der Waals surface area (Å²) in [6.45, 7) is 4.92. The third-order valence-electron chi connectivity index (χ3n) is 8.17. The smallest absolute Gasteiger partial charge is 0.317 e. The lowest BCUT2D eigenvalue weighted by Gasteiger charge is -2.38. The highest BCUT2D eigenvalue weighted by Gasteiger charge is 2.31. The first-order valence-corrected chi connectivity index (χ1v) is 14.0. The average Bonchev–Trinajstić information content (AvgIpc) is 2.87. The molecule has 0 spiro atoms. The molecule has 0 bridgehead atoms. The molecule has 0 aromatic heterocycles. The Morgan fingerprint density at radius 3 is 2.69 bits per heavy atom. The van der Waals surface area contributed by atoms with Crippen LogP contribution in [-0.4, -0.2) is 57.4 Å². The third kappa shape index (κ3) is 8.75. The number of halogens is 1. The number of nitrogens with one attached hydrogen (secondary N) is 2. The van der Waals surface area contributed by atoms with Gasteiger partial charge in [0.05, 0.1) is 0 Å². The van der Waals surface area contributed by atoms with Gasteiger partial charge >= 0.3 is 6.03 Å². The van der Waals surface area contributed by atoms with Gasteiger partial charge in [0.1, 0.15) is 5.82 Å². The van der Waals surface area contributed by atoms with Crippen LogP contribution in [0.3, 0.4) is 0 Å². The van der Waals surface area contributed by atoms with E-state index in [1.807, 2.05) is 24.9 Å². The van der Waals surface area contributed by atoms with Gasteiger partial charge in [0.2, 0.25) is 0 Å². The fourth-order valence-electron chi connectivity index (χ4n) is 6.18. The molecule has 2 fully saturated rings. The molecule has 1 saturated carbocycles. The number of nitrogens with zero attached hydrogens (tertiary/aromatic N) is 1. The molecule has 1 saturated heterocycles. The van der Waals surface area contributed by atoms with Crippen molar-refractivity contribution in [1.82, 2.24) is 15.5 Å². The Hall–Kier alpha value is -1.66. The van der Waals surface area contributed by atoms with Crippen molar-refractivity contribution >= 4 is 6.03 Å². The second-order valence-corrected chi connectivity index (χ2v) is 10.9. The Morgan fingerprint density at radius 1 is 1.17 bits per heavy atom. The summed E-state index contributed by atoms with van der Waals surface area (Å²) in [5.41, 5.74) is 1.76. The van der Waals surface area contributed by atoms with Gasteiger partial charge in [-0.15, -0.1) is 0 Å². The zero-order valence-corrected chi connectivity index (χ0v) is 22.3. The second-order valence-electron chi connectivity index (χ2n) is 10.9. The van der Waals surface area contributed by atoms with Gasteiger partial charge in [-0.1, -0.05) is 50.7 Å². The van der Waals surface area contributed by atoms with Crippen LogP contribution < -0.4 is 10.6 Å². The van der Waals surface area contributed by atoms with Crippen LogP contribution in [0.25, 0.3) is 0 Å². The van der Waals surface area contributed by atoms with E-state index in [1.165, 1.54) is 32.1 Å². The van der Waals surface area contributed by atoms with Crippen LogP contribution in [0.2, 0.25) is 0 Å². The molecule has 35 heavy (non-hydrogen) atoms. The molecular formula is C29H48FN3O2. The van der Waals surface area contributed by atoms with E-state index in [9.17, 15) is 9.18 Å². The summed E-state index contributed by atoms with van der Waals surface area (Å²) < 4.78 is 19.7. The van der Waals surface area contributed by atoms with E-state index in [-0.39, 0.29) is 23.8 Å². The molecular weight excluding hydrogens is 441 g/mol. The van der Waals surface area contributed by atoms with Gasteiger partial charge in [0, 0.05) is 39.4 Å². The van der Waals surface area contributed by atoms with E-state index in [0.717, 1.165) is 76.2 Å². The largest absolute Gasteiger partial charge is 0.385 e. The molecule has 1 heterocycles. The standard InChI is InChI=1S/C29H48FN3O2/c1-22-14-15-24(19-28(22)30)27(13-7-8-17-35-3)25-12-9-16-33(21-25)29(34)32-26(20-31-2)18-23-10-5-4-6-11-23/h14-15,19,23,25-27,31H,4-13,16-18,20-21H2,1-3H3,(H,32,34)/t25-,26+,27+/m1/s1. The highest BCUT2D eigenvalue weighted by atomic mass is 19.1. The molecule has 3 atom stereocenters. The first-order chi connectivity index (χ1) is 17.0. The molecule has 1 aromatic rings. The fraction of sp³-hybridized carbons (Fsp3) is 0.759. The zero-order valence-electron chi connectivity index (χ0n) is 22.3. The van der Waals surface area contributed by atoms with Gasteiger partial charge < -0.3 is 20.3 Å². The summed E-state index contributed by atoms with van der Waals surface area (Å²) in [4.78, 5) is 15.4. The molecule has 198 valence electrons. The number of likely N-dealkylation sites (N-methyl/N-ethyl adjacent to an activating group) is 1. The van der Waals surface area contributed by atoms with Gasteiger partial charge in [0.15, 0.2) is 0 Å². The normalized spacial score (nSPS) is 21.0. The summed E-state index contributed by atoms with van der Waals surface area (Å²) in [6, 6.07) is 5.95. The van der Waals surface area contributed by atoms with Crippen molar-refractivity contribution in [2.45, 2.75) is 89.5 Å². The minimum Gasteiger partial charge on any atom is -0.385 e. The van der Waals surface area contributed by atoms with E-state index >= 15 is 0 Å². The number of rotatable bonds is 12. The molecule has 0 radical (unpaired) electrons. The number of ether oxygens (including phenoxy) is 1. The van der Waals surface area contributed by atoms with Crippen molar-refractivity contribution in [2.24, 2.45) is 11.8 Å². The Bertz CT molecular complexity index is 768. The molecule has 1 aliphatic carbocycles. The molecule has 3 rings (SSSR count). The maximum absolute atomic E-state index is 14.5. The number of carbonyl (C=O) groups excluding carboxylic acids is 1. The first-order valence-electron chi connectivity index (χ1n) is 14.0. The van der Waals surface area contributed by atoms with Crippen LogP contribution in [-0.2, 0) is 4.74 Å². The van der Waals surface area contributed by atoms with Gasteiger partial charge in [-0.25, -0.2) is 9.18 Å². The molecule has 0 unspecified atom stereocenters. The number of piperidine rings is 1. The van der Waals surface area contributed by atoms with Crippen molar-refractivity contribution in [3.8, 4) is 0 Å². The van der Waals surface area contributed by atoms with E-state index in [1.54, 1.807) is 13.2 Å². The molecule has 1 aromatic carbocycles. The van der Waals surface area contributed by atoms with Crippen LogP contribution in [0.5, 0.6) is 0 Å². The summed E-state index contributed by atoms with van der Waals surface area (Å²) >= 11 is 0. The lowest BCUT2D eigenvalue weighted by molar-refractivity contribution is 0.147. The highest BCUT2D eigenvalue weighted by molar-refractivity contribution is 5.74. The lowest BCUT2D eigenvalue weighted by atomic mass is 9.78. The topological polar surface area (TPSA) is 53.6 Å². The Labute approximate surface area is 212 Å². The monoisotopic (exact) mass is 489 g/mol. The van der Waals surface area contributed by atoms with Crippen molar-refractivity contribution < 1.29 is 13.9 Å². The Morgan fingerprint density at radius 2 is 1.97 bits per heavy atom. The molecule has 6 heteroatoms. The summed E-state index contributed by atoms with van der Waals surface area (Å²) in [6.07, 6.45) is 12.8. The predicted molar refractivity (Wildman–Crippen MR) is 141 cm³/mol. The minimum absolute atomic E-state index is 0.0685. The van der Waals surface area contributed by atoms with E-state index in [4.69, 9.17) is 4.74 Å². The van der Waals surface area contributed by atoms with Crippen molar-refractivity contribution in [1.29, 1.82) is 0 Å². The van der Waals surface area contributed by atoms with Gasteiger partial charge in [-0.3, -0.25) is 0 Å². The number of unbranched alkanes of at least 4 members (excludes halogenated alkanes) is 1. The first kappa shape index (κ1) is 27.9. The van der Waals surface area contributed by atoms with E-state index in [2.05, 4.69) is 16.7 Å². The maximum atomic E-state index is 14.5. The number of benzene rings is 1. The molecule has 2 aliphatic rings. The number of likely N-dealkylation sites (tertiary alicyclic amines) is 1. The van der Waals surface area contributed by atoms with Crippen LogP contribution >= 0.6 is 0 Å². The number of urea groups is 1. The zero-order chi connectivity index (χ0) is 25.0. The Balaban J connectivity index is 1.64. The number of amides is 2. The van der Waals surface area contributed by atoms with Gasteiger partial charge in [0.25, 0.3) is 0 Å². The van der Waals surface area contributed by atoms with E-state index in [0.29, 0.717) is 11.5 Å². The fourth-order valence-corrected chi connectivity index (χ4v) is 6.18.